The van der Waals surface area contributed by atoms with Gasteiger partial charge in [-0.25, -0.2) is 23.1 Å². The van der Waals surface area contributed by atoms with Crippen molar-refractivity contribution >= 4 is 22.8 Å². The van der Waals surface area contributed by atoms with Crippen molar-refractivity contribution in [3.63, 3.8) is 0 Å². The van der Waals surface area contributed by atoms with Crippen molar-refractivity contribution < 1.29 is 23.1 Å². The van der Waals surface area contributed by atoms with Crippen LogP contribution >= 0.6 is 0 Å². The van der Waals surface area contributed by atoms with Crippen molar-refractivity contribution in [3.05, 3.63) is 48.0 Å². The van der Waals surface area contributed by atoms with Crippen LogP contribution < -0.4 is 5.32 Å². The summed E-state index contributed by atoms with van der Waals surface area (Å²) in [5.41, 5.74) is 0.130. The summed E-state index contributed by atoms with van der Waals surface area (Å²) in [4.78, 5) is 22.9. The SMILES string of the molecule is C=C(/C(F)=C\C=C(/C)F)[C@H]1C[C@H](F)CN1C(=O)c1n[nH]c2ncnc(N[C@@H]3CCC[C@H]3O)c12. The molecule has 4 rings (SSSR count). The van der Waals surface area contributed by atoms with Crippen LogP contribution in [0, 0.1) is 0 Å². The van der Waals surface area contributed by atoms with Gasteiger partial charge in [-0.1, -0.05) is 6.58 Å². The number of halogens is 3. The zero-order valence-corrected chi connectivity index (χ0v) is 18.1. The number of aromatic nitrogens is 4. The van der Waals surface area contributed by atoms with Gasteiger partial charge in [0, 0.05) is 12.0 Å². The third-order valence-corrected chi connectivity index (χ3v) is 6.04. The minimum Gasteiger partial charge on any atom is -0.391 e. The number of fused-ring (bicyclic) bond motifs is 1. The summed E-state index contributed by atoms with van der Waals surface area (Å²) in [6.45, 7) is 4.57. The number of anilines is 1. The molecule has 33 heavy (non-hydrogen) atoms. The van der Waals surface area contributed by atoms with E-state index in [9.17, 15) is 23.1 Å². The Hall–Kier alpha value is -3.21. The largest absolute Gasteiger partial charge is 0.391 e. The third kappa shape index (κ3) is 4.63. The van der Waals surface area contributed by atoms with Gasteiger partial charge in [-0.15, -0.1) is 0 Å². The molecule has 11 heteroatoms. The van der Waals surface area contributed by atoms with Crippen LogP contribution in [0.15, 0.2) is 42.3 Å². The minimum absolute atomic E-state index is 0.0450. The van der Waals surface area contributed by atoms with Crippen LogP contribution in [-0.4, -0.2) is 67.0 Å². The second-order valence-electron chi connectivity index (χ2n) is 8.37. The average Bonchev–Trinajstić information content (AvgIpc) is 3.50. The van der Waals surface area contributed by atoms with Gasteiger partial charge < -0.3 is 15.3 Å². The van der Waals surface area contributed by atoms with Gasteiger partial charge in [0.2, 0.25) is 0 Å². The molecule has 4 atom stereocenters. The average molecular weight is 462 g/mol. The molecule has 1 saturated heterocycles. The molecule has 1 saturated carbocycles. The molecule has 0 radical (unpaired) electrons. The second kappa shape index (κ2) is 9.34. The fourth-order valence-electron chi connectivity index (χ4n) is 4.34. The van der Waals surface area contributed by atoms with Crippen LogP contribution in [0.4, 0.5) is 19.0 Å². The number of nitrogens with zero attached hydrogens (tertiary/aromatic N) is 4. The molecule has 1 aliphatic carbocycles. The van der Waals surface area contributed by atoms with Crippen molar-refractivity contribution in [2.75, 3.05) is 11.9 Å². The van der Waals surface area contributed by atoms with E-state index in [1.165, 1.54) is 11.2 Å². The number of hydrogen-bond donors (Lipinski definition) is 3. The third-order valence-electron chi connectivity index (χ3n) is 6.04. The maximum Gasteiger partial charge on any atom is 0.275 e. The van der Waals surface area contributed by atoms with Gasteiger partial charge in [-0.2, -0.15) is 5.10 Å². The van der Waals surface area contributed by atoms with Gasteiger partial charge in [0.25, 0.3) is 5.91 Å². The van der Waals surface area contributed by atoms with E-state index in [1.807, 2.05) is 0 Å². The topological polar surface area (TPSA) is 107 Å². The molecule has 8 nitrogen and oxygen atoms in total. The highest BCUT2D eigenvalue weighted by Gasteiger charge is 2.40. The summed E-state index contributed by atoms with van der Waals surface area (Å²) < 4.78 is 41.8. The van der Waals surface area contributed by atoms with Crippen molar-refractivity contribution in [2.45, 2.75) is 57.0 Å². The Morgan fingerprint density at radius 1 is 1.33 bits per heavy atom. The molecule has 1 amide bonds. The Morgan fingerprint density at radius 3 is 2.82 bits per heavy atom. The quantitative estimate of drug-likeness (QED) is 0.567. The van der Waals surface area contributed by atoms with Crippen LogP contribution in [-0.2, 0) is 0 Å². The normalized spacial score (nSPS) is 26.3. The summed E-state index contributed by atoms with van der Waals surface area (Å²) in [7, 11) is 0. The number of alkyl halides is 1. The van der Waals surface area contributed by atoms with Crippen LogP contribution in [0.3, 0.4) is 0 Å². The summed E-state index contributed by atoms with van der Waals surface area (Å²) in [5, 5.41) is 20.4. The Morgan fingerprint density at radius 2 is 2.12 bits per heavy atom. The monoisotopic (exact) mass is 462 g/mol. The molecular weight excluding hydrogens is 437 g/mol. The molecule has 2 aromatic heterocycles. The second-order valence-corrected chi connectivity index (χ2v) is 8.37. The Balaban J connectivity index is 1.65. The van der Waals surface area contributed by atoms with E-state index in [-0.39, 0.29) is 30.3 Å². The van der Waals surface area contributed by atoms with E-state index < -0.39 is 35.9 Å². The number of likely N-dealkylation sites (tertiary alicyclic amines) is 1. The summed E-state index contributed by atoms with van der Waals surface area (Å²) in [6.07, 6.45) is 3.33. The molecule has 2 aliphatic rings. The van der Waals surface area contributed by atoms with Crippen molar-refractivity contribution in [1.29, 1.82) is 0 Å². The van der Waals surface area contributed by atoms with Crippen molar-refractivity contribution in [3.8, 4) is 0 Å². The molecular formula is C22H25F3N6O2. The maximum atomic E-state index is 14.5. The number of rotatable bonds is 6. The first-order chi connectivity index (χ1) is 15.8. The number of H-pyrrole nitrogens is 1. The van der Waals surface area contributed by atoms with Gasteiger partial charge >= 0.3 is 0 Å². The standard InChI is InChI=1S/C22H25F3N6O2/c1-11(23)6-7-14(25)12(2)16-8-13(24)9-31(16)22(33)19-18-20(26-10-27-21(18)30-29-19)28-15-4-3-5-17(15)32/h6-7,10,13,15-17,32H,2-5,8-9H2,1H3,(H2,26,27,28,29,30)/b11-6+,14-7+/t13-,15+,16+,17+/m0/s1. The van der Waals surface area contributed by atoms with Crippen molar-refractivity contribution in [1.82, 2.24) is 25.1 Å². The van der Waals surface area contributed by atoms with Crippen LogP contribution in [0.25, 0.3) is 11.0 Å². The molecule has 1 aliphatic heterocycles. The number of aliphatic hydroxyl groups excluding tert-OH is 1. The zero-order valence-electron chi connectivity index (χ0n) is 18.1. The predicted octanol–water partition coefficient (Wildman–Crippen LogP) is 3.51. The lowest BCUT2D eigenvalue weighted by Gasteiger charge is -2.25. The number of hydrogen-bond acceptors (Lipinski definition) is 6. The Bertz CT molecular complexity index is 1130. The smallest absolute Gasteiger partial charge is 0.275 e. The summed E-state index contributed by atoms with van der Waals surface area (Å²) in [6, 6.07) is -1.19. The van der Waals surface area contributed by atoms with Gasteiger partial charge in [0.05, 0.1) is 35.9 Å². The van der Waals surface area contributed by atoms with E-state index in [2.05, 4.69) is 32.1 Å². The highest BCUT2D eigenvalue weighted by atomic mass is 19.1. The van der Waals surface area contributed by atoms with Gasteiger partial charge in [0.15, 0.2) is 11.3 Å². The number of carbonyl (C=O) groups is 1. The fourth-order valence-corrected chi connectivity index (χ4v) is 4.34. The Labute approximate surface area is 188 Å². The van der Waals surface area contributed by atoms with E-state index in [0.29, 0.717) is 23.3 Å². The lowest BCUT2D eigenvalue weighted by Crippen LogP contribution is -2.37. The number of nitrogens with one attached hydrogen (secondary N) is 2. The fraction of sp³-hybridized carbons (Fsp3) is 0.455. The number of allylic oxidation sites excluding steroid dienone is 3. The van der Waals surface area contributed by atoms with Gasteiger partial charge in [-0.05, 0) is 38.3 Å². The summed E-state index contributed by atoms with van der Waals surface area (Å²) in [5.74, 6) is -1.75. The zero-order chi connectivity index (χ0) is 23.7. The maximum absolute atomic E-state index is 14.5. The molecule has 2 aromatic rings. The number of aliphatic hydroxyl groups is 1. The molecule has 0 bridgehead atoms. The van der Waals surface area contributed by atoms with E-state index >= 15 is 0 Å². The highest BCUT2D eigenvalue weighted by Crippen LogP contribution is 2.33. The highest BCUT2D eigenvalue weighted by molar-refractivity contribution is 6.08. The van der Waals surface area contributed by atoms with E-state index in [1.54, 1.807) is 0 Å². The van der Waals surface area contributed by atoms with Crippen molar-refractivity contribution in [2.24, 2.45) is 0 Å². The van der Waals surface area contributed by atoms with Crippen LogP contribution in [0.5, 0.6) is 0 Å². The Kier molecular flexibility index (Phi) is 6.50. The lowest BCUT2D eigenvalue weighted by molar-refractivity contribution is 0.0743. The molecule has 3 heterocycles. The minimum atomic E-state index is -1.38. The number of carbonyl (C=O) groups excluding carboxylic acids is 1. The number of amides is 1. The van der Waals surface area contributed by atoms with E-state index in [4.69, 9.17) is 0 Å². The predicted molar refractivity (Wildman–Crippen MR) is 116 cm³/mol. The first-order valence-corrected chi connectivity index (χ1v) is 10.7. The van der Waals surface area contributed by atoms with E-state index in [0.717, 1.165) is 31.9 Å². The van der Waals surface area contributed by atoms with Crippen LogP contribution in [0.2, 0.25) is 0 Å². The first kappa shape index (κ1) is 23.0. The lowest BCUT2D eigenvalue weighted by atomic mass is 10.0. The molecule has 0 spiro atoms. The molecule has 0 unspecified atom stereocenters. The van der Waals surface area contributed by atoms with Crippen LogP contribution in [0.1, 0.15) is 43.1 Å². The summed E-state index contributed by atoms with van der Waals surface area (Å²) >= 11 is 0. The van der Waals surface area contributed by atoms with Gasteiger partial charge in [0.1, 0.15) is 24.1 Å². The number of aromatic amines is 1. The van der Waals surface area contributed by atoms with Gasteiger partial charge in [-0.3, -0.25) is 9.89 Å². The molecule has 176 valence electrons. The first-order valence-electron chi connectivity index (χ1n) is 10.7. The molecule has 0 aromatic carbocycles. The molecule has 3 N–H and O–H groups in total. The molecule has 2 fully saturated rings.